The van der Waals surface area contributed by atoms with Crippen LogP contribution in [0.5, 0.6) is 0 Å². The standard InChI is InChI=1S/C23H26Cl2N2O3S/c24-17-8-11-19(20(25)13-17)23(28)27-22(21-3-1-2-12-26-21)16-6-9-18(10-7-16)31(29,30)14-15-4-5-15/h6-11,13,15,21-22,26H,1-5,12,14H2,(H,27,28)/t21?,22-/m1/s1. The summed E-state index contributed by atoms with van der Waals surface area (Å²) in [6, 6.07) is 11.5. The van der Waals surface area contributed by atoms with Crippen molar-refractivity contribution in [3.05, 3.63) is 63.6 Å². The number of hydrogen-bond acceptors (Lipinski definition) is 4. The smallest absolute Gasteiger partial charge is 0.253 e. The minimum absolute atomic E-state index is 0.0534. The maximum Gasteiger partial charge on any atom is 0.253 e. The van der Waals surface area contributed by atoms with Gasteiger partial charge >= 0.3 is 0 Å². The molecule has 1 amide bonds. The van der Waals surface area contributed by atoms with E-state index >= 15 is 0 Å². The summed E-state index contributed by atoms with van der Waals surface area (Å²) in [5.74, 6) is 0.225. The highest BCUT2D eigenvalue weighted by atomic mass is 35.5. The highest BCUT2D eigenvalue weighted by Gasteiger charge is 2.30. The van der Waals surface area contributed by atoms with E-state index in [-0.39, 0.29) is 23.7 Å². The van der Waals surface area contributed by atoms with Crippen molar-refractivity contribution in [1.82, 2.24) is 10.6 Å². The lowest BCUT2D eigenvalue weighted by molar-refractivity contribution is 0.0923. The highest BCUT2D eigenvalue weighted by molar-refractivity contribution is 7.91. The average molecular weight is 481 g/mol. The third-order valence-electron chi connectivity index (χ3n) is 5.96. The fourth-order valence-electron chi connectivity index (χ4n) is 4.05. The van der Waals surface area contributed by atoms with Crippen LogP contribution in [0.4, 0.5) is 0 Å². The number of amides is 1. The van der Waals surface area contributed by atoms with Gasteiger partial charge < -0.3 is 10.6 Å². The molecule has 4 rings (SSSR count). The molecule has 2 aromatic carbocycles. The van der Waals surface area contributed by atoms with Crippen molar-refractivity contribution in [2.45, 2.75) is 49.1 Å². The Morgan fingerprint density at radius 3 is 2.42 bits per heavy atom. The van der Waals surface area contributed by atoms with Gasteiger partial charge in [-0.2, -0.15) is 0 Å². The largest absolute Gasteiger partial charge is 0.344 e. The Balaban J connectivity index is 1.58. The Hall–Kier alpha value is -1.60. The number of piperidine rings is 1. The van der Waals surface area contributed by atoms with E-state index in [1.807, 2.05) is 12.1 Å². The van der Waals surface area contributed by atoms with Crippen molar-refractivity contribution in [3.63, 3.8) is 0 Å². The van der Waals surface area contributed by atoms with Crippen LogP contribution in [0, 0.1) is 5.92 Å². The van der Waals surface area contributed by atoms with E-state index in [4.69, 9.17) is 23.2 Å². The predicted octanol–water partition coefficient (Wildman–Crippen LogP) is 4.79. The molecule has 2 fully saturated rings. The summed E-state index contributed by atoms with van der Waals surface area (Å²) >= 11 is 12.2. The number of nitrogens with one attached hydrogen (secondary N) is 2. The second-order valence-corrected chi connectivity index (χ2v) is 11.3. The Kier molecular flexibility index (Phi) is 6.92. The second kappa shape index (κ2) is 9.49. The van der Waals surface area contributed by atoms with Gasteiger partial charge in [0, 0.05) is 11.1 Å². The summed E-state index contributed by atoms with van der Waals surface area (Å²) in [7, 11) is -3.27. The van der Waals surface area contributed by atoms with Crippen LogP contribution in [0.25, 0.3) is 0 Å². The quantitative estimate of drug-likeness (QED) is 0.597. The van der Waals surface area contributed by atoms with Crippen molar-refractivity contribution >= 4 is 38.9 Å². The molecule has 1 saturated carbocycles. The maximum atomic E-state index is 13.0. The molecule has 1 saturated heterocycles. The number of hydrogen-bond donors (Lipinski definition) is 2. The van der Waals surface area contributed by atoms with Crippen LogP contribution in [0.2, 0.25) is 10.0 Å². The SMILES string of the molecule is O=C(N[C@H](c1ccc(S(=O)(=O)CC2CC2)cc1)C1CCCCN1)c1ccc(Cl)cc1Cl. The predicted molar refractivity (Wildman–Crippen MR) is 124 cm³/mol. The molecular formula is C23H26Cl2N2O3S. The van der Waals surface area contributed by atoms with Gasteiger partial charge in [-0.05, 0) is 74.0 Å². The zero-order chi connectivity index (χ0) is 22.0. The van der Waals surface area contributed by atoms with Gasteiger partial charge in [0.15, 0.2) is 9.84 Å². The van der Waals surface area contributed by atoms with E-state index < -0.39 is 9.84 Å². The Labute approximate surface area is 193 Å². The molecule has 1 aliphatic carbocycles. The van der Waals surface area contributed by atoms with Crippen molar-refractivity contribution in [2.75, 3.05) is 12.3 Å². The van der Waals surface area contributed by atoms with Crippen LogP contribution in [0.15, 0.2) is 47.4 Å². The van der Waals surface area contributed by atoms with Crippen LogP contribution in [0.3, 0.4) is 0 Å². The Morgan fingerprint density at radius 2 is 1.81 bits per heavy atom. The van der Waals surface area contributed by atoms with Gasteiger partial charge in [0.2, 0.25) is 0 Å². The summed E-state index contributed by atoms with van der Waals surface area (Å²) in [6.45, 7) is 0.882. The number of benzene rings is 2. The molecule has 0 radical (unpaired) electrons. The number of carbonyl (C=O) groups is 1. The monoisotopic (exact) mass is 480 g/mol. The highest BCUT2D eigenvalue weighted by Crippen LogP contribution is 2.33. The molecule has 0 bridgehead atoms. The molecule has 2 aliphatic rings. The Morgan fingerprint density at radius 1 is 1.06 bits per heavy atom. The van der Waals surface area contributed by atoms with Gasteiger partial charge in [-0.15, -0.1) is 0 Å². The summed E-state index contributed by atoms with van der Waals surface area (Å²) < 4.78 is 25.2. The molecule has 1 aliphatic heterocycles. The Bertz CT molecular complexity index is 1050. The van der Waals surface area contributed by atoms with E-state index in [9.17, 15) is 13.2 Å². The summed E-state index contributed by atoms with van der Waals surface area (Å²) in [6.07, 6.45) is 5.07. The first-order valence-electron chi connectivity index (χ1n) is 10.7. The number of halogens is 2. The van der Waals surface area contributed by atoms with E-state index in [0.717, 1.165) is 44.2 Å². The number of carbonyl (C=O) groups excluding carboxylic acids is 1. The number of sulfone groups is 1. The molecule has 8 heteroatoms. The topological polar surface area (TPSA) is 75.3 Å². The van der Waals surface area contributed by atoms with Gasteiger partial charge in [0.05, 0.1) is 27.3 Å². The van der Waals surface area contributed by atoms with Crippen LogP contribution < -0.4 is 10.6 Å². The lowest BCUT2D eigenvalue weighted by Gasteiger charge is -2.32. The third kappa shape index (κ3) is 5.61. The molecule has 0 spiro atoms. The fraction of sp³-hybridized carbons (Fsp3) is 0.435. The number of rotatable bonds is 7. The molecule has 31 heavy (non-hydrogen) atoms. The first-order chi connectivity index (χ1) is 14.8. The van der Waals surface area contributed by atoms with E-state index in [1.54, 1.807) is 30.3 Å². The maximum absolute atomic E-state index is 13.0. The molecule has 1 heterocycles. The minimum Gasteiger partial charge on any atom is -0.344 e. The average Bonchev–Trinajstić information content (AvgIpc) is 3.56. The van der Waals surface area contributed by atoms with Gasteiger partial charge in [0.1, 0.15) is 0 Å². The van der Waals surface area contributed by atoms with Gasteiger partial charge in [0.25, 0.3) is 5.91 Å². The molecule has 166 valence electrons. The van der Waals surface area contributed by atoms with Gasteiger partial charge in [-0.25, -0.2) is 8.42 Å². The zero-order valence-corrected chi connectivity index (χ0v) is 19.4. The van der Waals surface area contributed by atoms with E-state index in [0.29, 0.717) is 26.4 Å². The lowest BCUT2D eigenvalue weighted by atomic mass is 9.92. The van der Waals surface area contributed by atoms with Gasteiger partial charge in [-0.3, -0.25) is 4.79 Å². The molecule has 5 nitrogen and oxygen atoms in total. The van der Waals surface area contributed by atoms with Gasteiger partial charge in [-0.1, -0.05) is 41.8 Å². The summed E-state index contributed by atoms with van der Waals surface area (Å²) in [5.41, 5.74) is 1.22. The first-order valence-corrected chi connectivity index (χ1v) is 13.1. The van der Waals surface area contributed by atoms with Crippen molar-refractivity contribution in [1.29, 1.82) is 0 Å². The summed E-state index contributed by atoms with van der Waals surface area (Å²) in [5, 5.41) is 7.35. The van der Waals surface area contributed by atoms with Crippen molar-refractivity contribution in [2.24, 2.45) is 5.92 Å². The molecule has 1 unspecified atom stereocenters. The molecule has 0 aromatic heterocycles. The van der Waals surface area contributed by atoms with E-state index in [1.165, 1.54) is 0 Å². The molecular weight excluding hydrogens is 455 g/mol. The van der Waals surface area contributed by atoms with Crippen molar-refractivity contribution < 1.29 is 13.2 Å². The fourth-order valence-corrected chi connectivity index (χ4v) is 6.24. The van der Waals surface area contributed by atoms with Crippen LogP contribution in [0.1, 0.15) is 54.1 Å². The molecule has 2 N–H and O–H groups in total. The van der Waals surface area contributed by atoms with E-state index in [2.05, 4.69) is 10.6 Å². The molecule has 2 aromatic rings. The van der Waals surface area contributed by atoms with Crippen LogP contribution in [-0.4, -0.2) is 32.7 Å². The third-order valence-corrected chi connectivity index (χ3v) is 8.41. The molecule has 2 atom stereocenters. The minimum atomic E-state index is -3.27. The first kappa shape index (κ1) is 22.6. The summed E-state index contributed by atoms with van der Waals surface area (Å²) in [4.78, 5) is 13.3. The van der Waals surface area contributed by atoms with Crippen LogP contribution in [-0.2, 0) is 9.84 Å². The lowest BCUT2D eigenvalue weighted by Crippen LogP contribution is -2.46. The zero-order valence-electron chi connectivity index (χ0n) is 17.1. The normalized spacial score (nSPS) is 20.3. The second-order valence-electron chi connectivity index (χ2n) is 8.43. The van der Waals surface area contributed by atoms with Crippen molar-refractivity contribution in [3.8, 4) is 0 Å². The van der Waals surface area contributed by atoms with Crippen LogP contribution >= 0.6 is 23.2 Å².